The summed E-state index contributed by atoms with van der Waals surface area (Å²) >= 11 is 6.00. The van der Waals surface area contributed by atoms with Gasteiger partial charge in [0.2, 0.25) is 6.79 Å². The predicted molar refractivity (Wildman–Crippen MR) is 71.1 cm³/mol. The smallest absolute Gasteiger partial charge is 0.330 e. The molecule has 1 aliphatic rings. The number of carbonyl (C=O) groups is 2. The van der Waals surface area contributed by atoms with E-state index in [9.17, 15) is 9.59 Å². The normalized spacial score (nSPS) is 13.0. The molecule has 1 heterocycles. The Kier molecular flexibility index (Phi) is 3.76. The van der Waals surface area contributed by atoms with Gasteiger partial charge in [-0.05, 0) is 26.0 Å². The molecule has 108 valence electrons. The number of amides is 1. The van der Waals surface area contributed by atoms with Crippen molar-refractivity contribution < 1.29 is 23.8 Å². The minimum atomic E-state index is -1.14. The van der Waals surface area contributed by atoms with E-state index in [2.05, 4.69) is 10.1 Å². The highest BCUT2D eigenvalue weighted by Crippen LogP contribution is 2.39. The zero-order chi connectivity index (χ0) is 14.9. The van der Waals surface area contributed by atoms with Crippen molar-refractivity contribution in [1.82, 2.24) is 5.32 Å². The highest BCUT2D eigenvalue weighted by molar-refractivity contribution is 6.32. The molecule has 1 aliphatic heterocycles. The molecule has 0 spiro atoms. The van der Waals surface area contributed by atoms with E-state index in [-0.39, 0.29) is 17.4 Å². The number of nitrogens with one attached hydrogen (secondary N) is 1. The van der Waals surface area contributed by atoms with Crippen LogP contribution in [0.5, 0.6) is 11.5 Å². The standard InChI is InChI=1S/C13H14ClNO5/c1-13(2,12(17)18-3)15-11(16)7-4-8(14)10-9(5-7)19-6-20-10/h4-5H,6H2,1-3H3,(H,15,16). The Bertz CT molecular complexity index is 570. The molecular formula is C13H14ClNO5. The average Bonchev–Trinajstić information content (AvgIpc) is 2.85. The Morgan fingerprint density at radius 2 is 2.05 bits per heavy atom. The largest absolute Gasteiger partial charge is 0.467 e. The maximum atomic E-state index is 12.2. The van der Waals surface area contributed by atoms with Gasteiger partial charge >= 0.3 is 5.97 Å². The van der Waals surface area contributed by atoms with E-state index in [0.29, 0.717) is 11.5 Å². The third-order valence-electron chi connectivity index (χ3n) is 2.81. The van der Waals surface area contributed by atoms with E-state index in [1.807, 2.05) is 0 Å². The molecular weight excluding hydrogens is 286 g/mol. The first kappa shape index (κ1) is 14.5. The van der Waals surface area contributed by atoms with Crippen molar-refractivity contribution >= 4 is 23.5 Å². The monoisotopic (exact) mass is 299 g/mol. The second kappa shape index (κ2) is 5.20. The molecule has 0 atom stereocenters. The van der Waals surface area contributed by atoms with Gasteiger partial charge in [-0.1, -0.05) is 11.6 Å². The predicted octanol–water partition coefficient (Wildman–Crippen LogP) is 1.75. The topological polar surface area (TPSA) is 73.9 Å². The average molecular weight is 300 g/mol. The van der Waals surface area contributed by atoms with Crippen LogP contribution in [0.25, 0.3) is 0 Å². The molecule has 0 saturated heterocycles. The molecule has 0 bridgehead atoms. The number of rotatable bonds is 3. The number of esters is 1. The Balaban J connectivity index is 2.22. The fraction of sp³-hybridized carbons (Fsp3) is 0.385. The number of hydrogen-bond donors (Lipinski definition) is 1. The van der Waals surface area contributed by atoms with E-state index in [1.54, 1.807) is 13.8 Å². The molecule has 1 aromatic rings. The van der Waals surface area contributed by atoms with Crippen molar-refractivity contribution in [2.24, 2.45) is 0 Å². The van der Waals surface area contributed by atoms with Crippen LogP contribution < -0.4 is 14.8 Å². The number of methoxy groups -OCH3 is 1. The van der Waals surface area contributed by atoms with Crippen LogP contribution in [0, 0.1) is 0 Å². The lowest BCUT2D eigenvalue weighted by molar-refractivity contribution is -0.146. The summed E-state index contributed by atoms with van der Waals surface area (Å²) < 4.78 is 15.0. The van der Waals surface area contributed by atoms with Crippen LogP contribution in [-0.2, 0) is 9.53 Å². The van der Waals surface area contributed by atoms with Gasteiger partial charge in [0.05, 0.1) is 12.1 Å². The molecule has 1 aromatic carbocycles. The minimum Gasteiger partial charge on any atom is -0.467 e. The fourth-order valence-corrected chi connectivity index (χ4v) is 2.03. The van der Waals surface area contributed by atoms with Gasteiger partial charge in [-0.25, -0.2) is 4.79 Å². The molecule has 0 aliphatic carbocycles. The third kappa shape index (κ3) is 2.65. The summed E-state index contributed by atoms with van der Waals surface area (Å²) in [6.07, 6.45) is 0. The first-order chi connectivity index (χ1) is 9.35. The van der Waals surface area contributed by atoms with Gasteiger partial charge in [0.25, 0.3) is 5.91 Å². The molecule has 0 saturated carbocycles. The summed E-state index contributed by atoms with van der Waals surface area (Å²) in [5, 5.41) is 2.85. The van der Waals surface area contributed by atoms with Gasteiger partial charge in [-0.3, -0.25) is 4.79 Å². The first-order valence-corrected chi connectivity index (χ1v) is 6.23. The minimum absolute atomic E-state index is 0.0633. The summed E-state index contributed by atoms with van der Waals surface area (Å²) in [4.78, 5) is 23.7. The van der Waals surface area contributed by atoms with Gasteiger partial charge in [0, 0.05) is 5.56 Å². The van der Waals surface area contributed by atoms with E-state index in [4.69, 9.17) is 21.1 Å². The molecule has 0 unspecified atom stereocenters. The van der Waals surface area contributed by atoms with Crippen LogP contribution in [0.2, 0.25) is 5.02 Å². The summed E-state index contributed by atoms with van der Waals surface area (Å²) in [7, 11) is 1.26. The molecule has 0 aromatic heterocycles. The Labute approximate surface area is 120 Å². The maximum absolute atomic E-state index is 12.2. The molecule has 7 heteroatoms. The number of carbonyl (C=O) groups excluding carboxylic acids is 2. The van der Waals surface area contributed by atoms with Crippen molar-refractivity contribution in [3.63, 3.8) is 0 Å². The van der Waals surface area contributed by atoms with Crippen molar-refractivity contribution in [1.29, 1.82) is 0 Å². The van der Waals surface area contributed by atoms with Crippen LogP contribution in [0.4, 0.5) is 0 Å². The lowest BCUT2D eigenvalue weighted by Crippen LogP contribution is -2.50. The van der Waals surface area contributed by atoms with Crippen LogP contribution in [0.3, 0.4) is 0 Å². The second-order valence-corrected chi connectivity index (χ2v) is 5.17. The van der Waals surface area contributed by atoms with Crippen LogP contribution in [0.15, 0.2) is 12.1 Å². The maximum Gasteiger partial charge on any atom is 0.330 e. The molecule has 0 fully saturated rings. The van der Waals surface area contributed by atoms with Gasteiger partial charge in [-0.15, -0.1) is 0 Å². The number of hydrogen-bond acceptors (Lipinski definition) is 5. The van der Waals surface area contributed by atoms with E-state index >= 15 is 0 Å². The zero-order valence-electron chi connectivity index (χ0n) is 11.3. The van der Waals surface area contributed by atoms with Gasteiger partial charge in [0.15, 0.2) is 11.5 Å². The number of fused-ring (bicyclic) bond motifs is 1. The molecule has 1 N–H and O–H groups in total. The van der Waals surface area contributed by atoms with E-state index < -0.39 is 17.4 Å². The molecule has 1 amide bonds. The van der Waals surface area contributed by atoms with Crippen LogP contribution in [0.1, 0.15) is 24.2 Å². The Morgan fingerprint density at radius 1 is 1.35 bits per heavy atom. The molecule has 0 radical (unpaired) electrons. The number of benzene rings is 1. The summed E-state index contributed by atoms with van der Waals surface area (Å²) in [5.74, 6) is -0.188. The SMILES string of the molecule is COC(=O)C(C)(C)NC(=O)c1cc(Cl)c2c(c1)OCO2. The van der Waals surface area contributed by atoms with Crippen LogP contribution >= 0.6 is 11.6 Å². The van der Waals surface area contributed by atoms with Crippen LogP contribution in [-0.4, -0.2) is 31.3 Å². The number of halogens is 1. The van der Waals surface area contributed by atoms with Crippen molar-refractivity contribution in [2.75, 3.05) is 13.9 Å². The summed E-state index contributed by atoms with van der Waals surface area (Å²) in [6.45, 7) is 3.16. The van der Waals surface area contributed by atoms with Gasteiger partial charge in [0.1, 0.15) is 5.54 Å². The van der Waals surface area contributed by atoms with Crippen molar-refractivity contribution in [2.45, 2.75) is 19.4 Å². The lowest BCUT2D eigenvalue weighted by atomic mass is 10.0. The molecule has 6 nitrogen and oxygen atoms in total. The third-order valence-corrected chi connectivity index (χ3v) is 3.09. The molecule has 20 heavy (non-hydrogen) atoms. The lowest BCUT2D eigenvalue weighted by Gasteiger charge is -2.23. The number of ether oxygens (including phenoxy) is 3. The fourth-order valence-electron chi connectivity index (χ4n) is 1.76. The quantitative estimate of drug-likeness (QED) is 0.861. The summed E-state index contributed by atoms with van der Waals surface area (Å²) in [5.41, 5.74) is -0.870. The van der Waals surface area contributed by atoms with Gasteiger partial charge in [-0.2, -0.15) is 0 Å². The highest BCUT2D eigenvalue weighted by Gasteiger charge is 2.31. The van der Waals surface area contributed by atoms with E-state index in [1.165, 1.54) is 19.2 Å². The highest BCUT2D eigenvalue weighted by atomic mass is 35.5. The second-order valence-electron chi connectivity index (χ2n) is 4.76. The summed E-state index contributed by atoms with van der Waals surface area (Å²) in [6, 6.07) is 2.97. The first-order valence-electron chi connectivity index (χ1n) is 5.85. The molecule has 2 rings (SSSR count). The Hall–Kier alpha value is -1.95. The van der Waals surface area contributed by atoms with Gasteiger partial charge < -0.3 is 19.5 Å². The van der Waals surface area contributed by atoms with Crippen molar-refractivity contribution in [3.05, 3.63) is 22.7 Å². The van der Waals surface area contributed by atoms with E-state index in [0.717, 1.165) is 0 Å². The van der Waals surface area contributed by atoms with Crippen molar-refractivity contribution in [3.8, 4) is 11.5 Å². The Morgan fingerprint density at radius 3 is 2.70 bits per heavy atom. The zero-order valence-corrected chi connectivity index (χ0v) is 12.0.